The molecule has 1 saturated heterocycles. The number of carbonyl (C=O) groups is 1. The number of rotatable bonds is 7. The van der Waals surface area contributed by atoms with Crippen LogP contribution in [0.1, 0.15) is 33.1 Å². The van der Waals surface area contributed by atoms with Gasteiger partial charge in [0.2, 0.25) is 10.0 Å². The predicted molar refractivity (Wildman–Crippen MR) is 73.3 cm³/mol. The maximum absolute atomic E-state index is 11.8. The standard InChI is InChI=1S/C12H24N2O4S/c1-3-18-11(15)4-9-19(16,17)14-10-12(2)5-7-13-8-6-12/h13-14H,3-10H2,1-2H3. The van der Waals surface area contributed by atoms with Crippen molar-refractivity contribution in [2.45, 2.75) is 33.1 Å². The van der Waals surface area contributed by atoms with Gasteiger partial charge in [0.05, 0.1) is 18.8 Å². The Labute approximate surface area is 115 Å². The first-order chi connectivity index (χ1) is 8.87. The summed E-state index contributed by atoms with van der Waals surface area (Å²) < 4.78 is 30.9. The van der Waals surface area contributed by atoms with Gasteiger partial charge in [-0.3, -0.25) is 4.79 Å². The number of hydrogen-bond acceptors (Lipinski definition) is 5. The Morgan fingerprint density at radius 2 is 2.00 bits per heavy atom. The van der Waals surface area contributed by atoms with E-state index in [0.29, 0.717) is 6.54 Å². The molecule has 1 aliphatic rings. The lowest BCUT2D eigenvalue weighted by molar-refractivity contribution is -0.142. The summed E-state index contributed by atoms with van der Waals surface area (Å²) in [6.07, 6.45) is 1.81. The minimum atomic E-state index is -3.40. The molecule has 7 heteroatoms. The van der Waals surface area contributed by atoms with Crippen LogP contribution < -0.4 is 10.0 Å². The molecule has 0 aromatic carbocycles. The molecule has 0 amide bonds. The smallest absolute Gasteiger partial charge is 0.306 e. The highest BCUT2D eigenvalue weighted by Crippen LogP contribution is 2.26. The first kappa shape index (κ1) is 16.4. The fourth-order valence-corrected chi connectivity index (χ4v) is 3.16. The van der Waals surface area contributed by atoms with E-state index in [-0.39, 0.29) is 24.2 Å². The summed E-state index contributed by atoms with van der Waals surface area (Å²) in [6, 6.07) is 0. The van der Waals surface area contributed by atoms with Gasteiger partial charge in [-0.2, -0.15) is 0 Å². The van der Waals surface area contributed by atoms with Crippen LogP contribution in [0.4, 0.5) is 0 Å². The second-order valence-corrected chi connectivity index (χ2v) is 7.18. The molecular formula is C12H24N2O4S. The minimum Gasteiger partial charge on any atom is -0.466 e. The number of nitrogens with one attached hydrogen (secondary N) is 2. The van der Waals surface area contributed by atoms with Gasteiger partial charge in [0, 0.05) is 6.54 Å². The van der Waals surface area contributed by atoms with E-state index in [9.17, 15) is 13.2 Å². The van der Waals surface area contributed by atoms with Crippen LogP contribution in [0.25, 0.3) is 0 Å². The molecule has 0 bridgehead atoms. The topological polar surface area (TPSA) is 84.5 Å². The van der Waals surface area contributed by atoms with E-state index in [2.05, 4.69) is 17.0 Å². The molecule has 2 N–H and O–H groups in total. The van der Waals surface area contributed by atoms with Crippen LogP contribution in [0.2, 0.25) is 0 Å². The largest absolute Gasteiger partial charge is 0.466 e. The summed E-state index contributed by atoms with van der Waals surface area (Å²) in [5.41, 5.74) is 0.00223. The number of sulfonamides is 1. The Morgan fingerprint density at radius 3 is 2.58 bits per heavy atom. The van der Waals surface area contributed by atoms with Crippen LogP contribution in [0, 0.1) is 5.41 Å². The summed E-state index contributed by atoms with van der Waals surface area (Å²) in [4.78, 5) is 11.1. The Balaban J connectivity index is 2.35. The summed E-state index contributed by atoms with van der Waals surface area (Å²) in [6.45, 7) is 6.32. The predicted octanol–water partition coefficient (Wildman–Crippen LogP) is 0.249. The summed E-state index contributed by atoms with van der Waals surface area (Å²) in [5.74, 6) is -0.680. The zero-order valence-corrected chi connectivity index (χ0v) is 12.5. The molecule has 1 aliphatic heterocycles. The van der Waals surface area contributed by atoms with E-state index in [4.69, 9.17) is 4.74 Å². The molecular weight excluding hydrogens is 268 g/mol. The highest BCUT2D eigenvalue weighted by atomic mass is 32.2. The van der Waals surface area contributed by atoms with Crippen molar-refractivity contribution in [1.29, 1.82) is 0 Å². The highest BCUT2D eigenvalue weighted by molar-refractivity contribution is 7.89. The van der Waals surface area contributed by atoms with Gasteiger partial charge in [0.25, 0.3) is 0 Å². The van der Waals surface area contributed by atoms with Crippen LogP contribution in [-0.2, 0) is 19.6 Å². The van der Waals surface area contributed by atoms with Gasteiger partial charge < -0.3 is 10.1 Å². The highest BCUT2D eigenvalue weighted by Gasteiger charge is 2.28. The SMILES string of the molecule is CCOC(=O)CCS(=O)(=O)NCC1(C)CCNCC1. The maximum Gasteiger partial charge on any atom is 0.306 e. The molecule has 0 aromatic heterocycles. The van der Waals surface area contributed by atoms with Crippen molar-refractivity contribution in [3.8, 4) is 0 Å². The number of ether oxygens (including phenoxy) is 1. The Morgan fingerprint density at radius 1 is 1.37 bits per heavy atom. The molecule has 1 rings (SSSR count). The third kappa shape index (κ3) is 6.35. The number of piperidine rings is 1. The minimum absolute atomic E-state index is 0.00223. The van der Waals surface area contributed by atoms with Crippen LogP contribution >= 0.6 is 0 Å². The fourth-order valence-electron chi connectivity index (χ4n) is 2.01. The van der Waals surface area contributed by atoms with Crippen molar-refractivity contribution in [2.24, 2.45) is 5.41 Å². The third-order valence-corrected chi connectivity index (χ3v) is 4.74. The quantitative estimate of drug-likeness (QED) is 0.657. The van der Waals surface area contributed by atoms with Gasteiger partial charge in [0.15, 0.2) is 0 Å². The Hall–Kier alpha value is -0.660. The lowest BCUT2D eigenvalue weighted by Crippen LogP contribution is -2.43. The van der Waals surface area contributed by atoms with Crippen molar-refractivity contribution in [3.63, 3.8) is 0 Å². The molecule has 0 spiro atoms. The maximum atomic E-state index is 11.8. The molecule has 0 saturated carbocycles. The van der Waals surface area contributed by atoms with Gasteiger partial charge in [-0.15, -0.1) is 0 Å². The van der Waals surface area contributed by atoms with Gasteiger partial charge in [-0.25, -0.2) is 13.1 Å². The van der Waals surface area contributed by atoms with Crippen molar-refractivity contribution < 1.29 is 17.9 Å². The first-order valence-corrected chi connectivity index (χ1v) is 8.36. The first-order valence-electron chi connectivity index (χ1n) is 6.71. The molecule has 0 aromatic rings. The summed E-state index contributed by atoms with van der Waals surface area (Å²) in [5, 5.41) is 3.25. The van der Waals surface area contributed by atoms with Crippen molar-refractivity contribution in [2.75, 3.05) is 32.0 Å². The molecule has 0 aliphatic carbocycles. The van der Waals surface area contributed by atoms with Gasteiger partial charge >= 0.3 is 5.97 Å². The lowest BCUT2D eigenvalue weighted by Gasteiger charge is -2.34. The van der Waals surface area contributed by atoms with E-state index in [1.807, 2.05) is 0 Å². The molecule has 1 heterocycles. The zero-order chi connectivity index (χ0) is 14.4. The van der Waals surface area contributed by atoms with Crippen molar-refractivity contribution >= 4 is 16.0 Å². The molecule has 19 heavy (non-hydrogen) atoms. The van der Waals surface area contributed by atoms with Gasteiger partial charge in [0.1, 0.15) is 0 Å². The van der Waals surface area contributed by atoms with Crippen LogP contribution in [0.15, 0.2) is 0 Å². The summed E-state index contributed by atoms with van der Waals surface area (Å²) in [7, 11) is -3.40. The fraction of sp³-hybridized carbons (Fsp3) is 0.917. The molecule has 112 valence electrons. The summed E-state index contributed by atoms with van der Waals surface area (Å²) >= 11 is 0. The van der Waals surface area contributed by atoms with Crippen molar-refractivity contribution in [3.05, 3.63) is 0 Å². The second-order valence-electron chi connectivity index (χ2n) is 5.26. The third-order valence-electron chi connectivity index (χ3n) is 3.41. The normalized spacial score (nSPS) is 19.1. The van der Waals surface area contributed by atoms with E-state index < -0.39 is 16.0 Å². The van der Waals surface area contributed by atoms with Gasteiger partial charge in [-0.1, -0.05) is 6.92 Å². The number of esters is 1. The molecule has 1 fully saturated rings. The van der Waals surface area contributed by atoms with Crippen molar-refractivity contribution in [1.82, 2.24) is 10.0 Å². The molecule has 0 radical (unpaired) electrons. The van der Waals surface area contributed by atoms with Gasteiger partial charge in [-0.05, 0) is 38.3 Å². The van der Waals surface area contributed by atoms with Crippen LogP contribution in [0.3, 0.4) is 0 Å². The van der Waals surface area contributed by atoms with E-state index in [1.54, 1.807) is 6.92 Å². The average Bonchev–Trinajstić information content (AvgIpc) is 2.36. The number of hydrogen-bond donors (Lipinski definition) is 2. The Bertz CT molecular complexity index is 389. The number of carbonyl (C=O) groups excluding carboxylic acids is 1. The van der Waals surface area contributed by atoms with E-state index in [1.165, 1.54) is 0 Å². The zero-order valence-electron chi connectivity index (χ0n) is 11.7. The second kappa shape index (κ2) is 7.21. The van der Waals surface area contributed by atoms with Crippen LogP contribution in [0.5, 0.6) is 0 Å². The monoisotopic (exact) mass is 292 g/mol. The lowest BCUT2D eigenvalue weighted by atomic mass is 9.81. The molecule has 0 atom stereocenters. The molecule has 6 nitrogen and oxygen atoms in total. The Kier molecular flexibility index (Phi) is 6.22. The van der Waals surface area contributed by atoms with E-state index >= 15 is 0 Å². The molecule has 0 unspecified atom stereocenters. The van der Waals surface area contributed by atoms with Crippen LogP contribution in [-0.4, -0.2) is 46.4 Å². The average molecular weight is 292 g/mol. The van der Waals surface area contributed by atoms with E-state index in [0.717, 1.165) is 25.9 Å².